The van der Waals surface area contributed by atoms with Crippen LogP contribution in [0.5, 0.6) is 0 Å². The van der Waals surface area contributed by atoms with Crippen LogP contribution in [0.1, 0.15) is 26.2 Å². The predicted molar refractivity (Wildman–Crippen MR) is 47.3 cm³/mol. The molecule has 0 heterocycles. The molecule has 3 saturated carbocycles. The zero-order valence-corrected chi connectivity index (χ0v) is 7.95. The Bertz CT molecular complexity index is 165. The second-order valence-electron chi connectivity index (χ2n) is 3.76. The van der Waals surface area contributed by atoms with Gasteiger partial charge in [0.1, 0.15) is 0 Å². The maximum Gasteiger partial charge on any atom is 0.0360 e. The van der Waals surface area contributed by atoms with Crippen LogP contribution in [0.4, 0.5) is 0 Å². The minimum Gasteiger partial charge on any atom is -0.0992 e. The highest BCUT2D eigenvalue weighted by molar-refractivity contribution is 9.10. The van der Waals surface area contributed by atoms with Crippen molar-refractivity contribution in [1.29, 1.82) is 0 Å². The van der Waals surface area contributed by atoms with E-state index in [0.717, 1.165) is 11.8 Å². The first-order chi connectivity index (χ1) is 4.64. The van der Waals surface area contributed by atoms with Gasteiger partial charge in [-0.2, -0.15) is 0 Å². The Labute approximate surface area is 70.8 Å². The summed E-state index contributed by atoms with van der Waals surface area (Å²) in [5, 5.41) is 0. The highest BCUT2D eigenvalue weighted by Crippen LogP contribution is 2.60. The number of allylic oxidation sites excluding steroid dienone is 1. The van der Waals surface area contributed by atoms with Crippen LogP contribution in [0.3, 0.4) is 0 Å². The lowest BCUT2D eigenvalue weighted by molar-refractivity contribution is 0.158. The topological polar surface area (TPSA) is 0 Å². The lowest BCUT2D eigenvalue weighted by Crippen LogP contribution is -2.53. The van der Waals surface area contributed by atoms with E-state index < -0.39 is 0 Å². The fourth-order valence-electron chi connectivity index (χ4n) is 2.58. The van der Waals surface area contributed by atoms with Gasteiger partial charge < -0.3 is 0 Å². The monoisotopic (exact) mass is 200 g/mol. The van der Waals surface area contributed by atoms with Crippen LogP contribution in [0.2, 0.25) is 0 Å². The molecule has 0 nitrogen and oxygen atoms in total. The number of fused-ring (bicyclic) bond motifs is 2. The Balaban J connectivity index is 2.26. The van der Waals surface area contributed by atoms with Gasteiger partial charge in [-0.3, -0.25) is 0 Å². The van der Waals surface area contributed by atoms with Crippen molar-refractivity contribution in [3.63, 3.8) is 0 Å². The normalized spacial score (nSPS) is 52.4. The van der Waals surface area contributed by atoms with Gasteiger partial charge in [-0.1, -0.05) is 34.5 Å². The number of rotatable bonds is 0. The molecule has 0 aromatic carbocycles. The van der Waals surface area contributed by atoms with Crippen molar-refractivity contribution in [1.82, 2.24) is 0 Å². The molecule has 2 unspecified atom stereocenters. The van der Waals surface area contributed by atoms with Crippen molar-refractivity contribution >= 4 is 15.9 Å². The van der Waals surface area contributed by atoms with Crippen LogP contribution in [0.25, 0.3) is 0 Å². The van der Waals surface area contributed by atoms with Crippen LogP contribution in [0.15, 0.2) is 12.2 Å². The van der Waals surface area contributed by atoms with Crippen molar-refractivity contribution in [2.75, 3.05) is 0 Å². The fourth-order valence-corrected chi connectivity index (χ4v) is 3.62. The average molecular weight is 201 g/mol. The van der Waals surface area contributed by atoms with E-state index in [1.807, 2.05) is 0 Å². The maximum atomic E-state index is 4.11. The summed E-state index contributed by atoms with van der Waals surface area (Å²) in [6.45, 7) is 6.43. The molecule has 10 heavy (non-hydrogen) atoms. The van der Waals surface area contributed by atoms with Crippen LogP contribution in [0, 0.1) is 11.8 Å². The van der Waals surface area contributed by atoms with Gasteiger partial charge in [0, 0.05) is 4.32 Å². The lowest BCUT2D eigenvalue weighted by Gasteiger charge is -2.56. The van der Waals surface area contributed by atoms with Gasteiger partial charge in [-0.15, -0.1) is 0 Å². The zero-order valence-electron chi connectivity index (χ0n) is 6.36. The van der Waals surface area contributed by atoms with Gasteiger partial charge in [0.2, 0.25) is 0 Å². The molecule has 0 N–H and O–H groups in total. The minimum absolute atomic E-state index is 0.419. The predicted octanol–water partition coefficient (Wildman–Crippen LogP) is 3.13. The molecular formula is C9H13Br. The Morgan fingerprint density at radius 3 is 2.20 bits per heavy atom. The number of halogens is 1. The van der Waals surface area contributed by atoms with Gasteiger partial charge in [0.15, 0.2) is 0 Å². The summed E-state index contributed by atoms with van der Waals surface area (Å²) < 4.78 is 0.419. The summed E-state index contributed by atoms with van der Waals surface area (Å²) in [5.74, 6) is 1.57. The quantitative estimate of drug-likeness (QED) is 0.417. The third kappa shape index (κ3) is 0.623. The fraction of sp³-hybridized carbons (Fsp3) is 0.778. The standard InChI is InChI=1S/C9H13Br/c1-6-7-4-3-5-8(6)9(7,2)10/h7-8H,1,3-5H2,2H3. The Morgan fingerprint density at radius 1 is 1.50 bits per heavy atom. The summed E-state index contributed by atoms with van der Waals surface area (Å²) in [6.07, 6.45) is 4.13. The maximum absolute atomic E-state index is 4.11. The van der Waals surface area contributed by atoms with Gasteiger partial charge in [0.05, 0.1) is 0 Å². The molecule has 3 aliphatic rings. The summed E-state index contributed by atoms with van der Waals surface area (Å²) >= 11 is 3.79. The number of hydrogen-bond donors (Lipinski definition) is 0. The van der Waals surface area contributed by atoms with E-state index in [4.69, 9.17) is 0 Å². The largest absolute Gasteiger partial charge is 0.0992 e. The van der Waals surface area contributed by atoms with E-state index >= 15 is 0 Å². The summed E-state index contributed by atoms with van der Waals surface area (Å²) in [7, 11) is 0. The molecule has 0 spiro atoms. The van der Waals surface area contributed by atoms with Crippen molar-refractivity contribution in [3.8, 4) is 0 Å². The lowest BCUT2D eigenvalue weighted by atomic mass is 9.55. The van der Waals surface area contributed by atoms with Crippen molar-refractivity contribution < 1.29 is 0 Å². The second-order valence-corrected chi connectivity index (χ2v) is 5.47. The average Bonchev–Trinajstić information content (AvgIpc) is 1.88. The molecule has 0 amide bonds. The van der Waals surface area contributed by atoms with Gasteiger partial charge in [-0.25, -0.2) is 0 Å². The molecular weight excluding hydrogens is 188 g/mol. The van der Waals surface area contributed by atoms with Crippen molar-refractivity contribution in [2.24, 2.45) is 11.8 Å². The van der Waals surface area contributed by atoms with E-state index in [2.05, 4.69) is 29.4 Å². The van der Waals surface area contributed by atoms with Gasteiger partial charge >= 0.3 is 0 Å². The molecule has 3 rings (SSSR count). The molecule has 0 aromatic rings. The third-order valence-corrected chi connectivity index (χ3v) is 4.35. The van der Waals surface area contributed by atoms with E-state index in [-0.39, 0.29) is 0 Å². The molecule has 3 fully saturated rings. The van der Waals surface area contributed by atoms with Crippen LogP contribution < -0.4 is 0 Å². The molecule has 2 bridgehead atoms. The van der Waals surface area contributed by atoms with Crippen LogP contribution >= 0.6 is 15.9 Å². The summed E-state index contributed by atoms with van der Waals surface area (Å²) in [4.78, 5) is 0. The van der Waals surface area contributed by atoms with Crippen molar-refractivity contribution in [3.05, 3.63) is 12.2 Å². The Morgan fingerprint density at radius 2 is 2.00 bits per heavy atom. The molecule has 3 aliphatic carbocycles. The summed E-state index contributed by atoms with van der Waals surface area (Å²) in [6, 6.07) is 0. The zero-order chi connectivity index (χ0) is 7.35. The molecule has 2 atom stereocenters. The highest BCUT2D eigenvalue weighted by Gasteiger charge is 2.54. The van der Waals surface area contributed by atoms with E-state index in [1.54, 1.807) is 0 Å². The van der Waals surface area contributed by atoms with Crippen LogP contribution in [-0.2, 0) is 0 Å². The molecule has 0 radical (unpaired) electrons. The molecule has 1 heteroatoms. The number of hydrogen-bond acceptors (Lipinski definition) is 0. The first-order valence-electron chi connectivity index (χ1n) is 4.01. The Kier molecular flexibility index (Phi) is 1.30. The molecule has 56 valence electrons. The van der Waals surface area contributed by atoms with E-state index in [9.17, 15) is 0 Å². The van der Waals surface area contributed by atoms with E-state index in [0.29, 0.717) is 4.32 Å². The highest BCUT2D eigenvalue weighted by atomic mass is 79.9. The first-order valence-corrected chi connectivity index (χ1v) is 4.81. The van der Waals surface area contributed by atoms with Crippen LogP contribution in [-0.4, -0.2) is 4.32 Å². The third-order valence-electron chi connectivity index (χ3n) is 3.24. The molecule has 0 aromatic heterocycles. The first kappa shape index (κ1) is 6.90. The van der Waals surface area contributed by atoms with Gasteiger partial charge in [0.25, 0.3) is 0 Å². The number of alkyl halides is 1. The second kappa shape index (κ2) is 1.88. The SMILES string of the molecule is C=C1C2CCCC1C2(C)Br. The molecule has 0 saturated heterocycles. The van der Waals surface area contributed by atoms with E-state index in [1.165, 1.54) is 24.8 Å². The van der Waals surface area contributed by atoms with Crippen molar-refractivity contribution in [2.45, 2.75) is 30.5 Å². The molecule has 0 aliphatic heterocycles. The Hall–Kier alpha value is 0.220. The van der Waals surface area contributed by atoms with Gasteiger partial charge in [-0.05, 0) is 31.6 Å². The smallest absolute Gasteiger partial charge is 0.0360 e. The minimum atomic E-state index is 0.419. The summed E-state index contributed by atoms with van der Waals surface area (Å²) in [5.41, 5.74) is 1.51.